The van der Waals surface area contributed by atoms with Crippen molar-refractivity contribution in [1.29, 1.82) is 0 Å². The van der Waals surface area contributed by atoms with Crippen LogP contribution in [-0.4, -0.2) is 67.5 Å². The van der Waals surface area contributed by atoms with Crippen molar-refractivity contribution in [3.05, 3.63) is 29.8 Å². The maximum Gasteiger partial charge on any atom is 0.245 e. The van der Waals surface area contributed by atoms with Gasteiger partial charge in [-0.25, -0.2) is 0 Å². The Balaban J connectivity index is 2.06. The Hall–Kier alpha value is -2.08. The van der Waals surface area contributed by atoms with E-state index < -0.39 is 6.04 Å². The molecule has 1 aromatic carbocycles. The number of methoxy groups -OCH3 is 1. The lowest BCUT2D eigenvalue weighted by Crippen LogP contribution is -2.55. The molecule has 132 valence electrons. The minimum atomic E-state index is -0.539. The Bertz CT molecular complexity index is 568. The zero-order valence-electron chi connectivity index (χ0n) is 14.7. The van der Waals surface area contributed by atoms with Gasteiger partial charge in [0.2, 0.25) is 11.8 Å². The molecule has 2 rings (SSSR count). The second-order valence-electron chi connectivity index (χ2n) is 6.07. The fourth-order valence-corrected chi connectivity index (χ4v) is 2.99. The van der Waals surface area contributed by atoms with E-state index in [1.807, 2.05) is 29.2 Å². The SMILES string of the molecule is CCN1CCN(C(=O)[C@H](Cc2cccc(OC)c2)NC(C)=O)CC1. The molecule has 1 saturated heterocycles. The molecule has 24 heavy (non-hydrogen) atoms. The standard InChI is InChI=1S/C18H27N3O3/c1-4-20-8-10-21(11-9-20)18(23)17(19-14(2)22)13-15-6-5-7-16(12-15)24-3/h5-7,12,17H,4,8-11,13H2,1-3H3,(H,19,22)/t17-/m0/s1. The monoisotopic (exact) mass is 333 g/mol. The fraction of sp³-hybridized carbons (Fsp3) is 0.556. The van der Waals surface area contributed by atoms with Crippen LogP contribution in [0.5, 0.6) is 5.75 Å². The van der Waals surface area contributed by atoms with Gasteiger partial charge >= 0.3 is 0 Å². The van der Waals surface area contributed by atoms with E-state index in [0.29, 0.717) is 19.5 Å². The van der Waals surface area contributed by atoms with Crippen molar-refractivity contribution in [2.24, 2.45) is 0 Å². The third-order valence-corrected chi connectivity index (χ3v) is 4.38. The average Bonchev–Trinajstić information content (AvgIpc) is 2.60. The summed E-state index contributed by atoms with van der Waals surface area (Å²) in [6, 6.07) is 7.06. The van der Waals surface area contributed by atoms with Crippen LogP contribution in [0.3, 0.4) is 0 Å². The fourth-order valence-electron chi connectivity index (χ4n) is 2.99. The highest BCUT2D eigenvalue weighted by atomic mass is 16.5. The number of nitrogens with zero attached hydrogens (tertiary/aromatic N) is 2. The maximum atomic E-state index is 12.8. The van der Waals surface area contributed by atoms with E-state index in [9.17, 15) is 9.59 Å². The number of nitrogens with one attached hydrogen (secondary N) is 1. The van der Waals surface area contributed by atoms with E-state index in [4.69, 9.17) is 4.74 Å². The Morgan fingerprint density at radius 1 is 1.25 bits per heavy atom. The zero-order valence-corrected chi connectivity index (χ0v) is 14.7. The van der Waals surface area contributed by atoms with Crippen LogP contribution in [-0.2, 0) is 16.0 Å². The molecule has 1 N–H and O–H groups in total. The number of hydrogen-bond donors (Lipinski definition) is 1. The summed E-state index contributed by atoms with van der Waals surface area (Å²) in [6.07, 6.45) is 0.462. The predicted octanol–water partition coefficient (Wildman–Crippen LogP) is 0.906. The molecule has 0 aliphatic carbocycles. The molecule has 6 nitrogen and oxygen atoms in total. The number of benzene rings is 1. The van der Waals surface area contributed by atoms with E-state index >= 15 is 0 Å². The number of likely N-dealkylation sites (N-methyl/N-ethyl adjacent to an activating group) is 1. The lowest BCUT2D eigenvalue weighted by atomic mass is 10.0. The highest BCUT2D eigenvalue weighted by molar-refractivity contribution is 5.87. The Labute approximate surface area is 143 Å². The topological polar surface area (TPSA) is 61.9 Å². The lowest BCUT2D eigenvalue weighted by Gasteiger charge is -2.36. The maximum absolute atomic E-state index is 12.8. The van der Waals surface area contributed by atoms with Gasteiger partial charge in [-0.1, -0.05) is 19.1 Å². The first-order valence-corrected chi connectivity index (χ1v) is 8.44. The third kappa shape index (κ3) is 4.96. The van der Waals surface area contributed by atoms with Crippen molar-refractivity contribution in [1.82, 2.24) is 15.1 Å². The van der Waals surface area contributed by atoms with Crippen LogP contribution in [0.15, 0.2) is 24.3 Å². The van der Waals surface area contributed by atoms with Crippen molar-refractivity contribution >= 4 is 11.8 Å². The van der Waals surface area contributed by atoms with Crippen LogP contribution in [0.4, 0.5) is 0 Å². The van der Waals surface area contributed by atoms with Gasteiger partial charge in [-0.2, -0.15) is 0 Å². The highest BCUT2D eigenvalue weighted by Gasteiger charge is 2.28. The second-order valence-corrected chi connectivity index (χ2v) is 6.07. The summed E-state index contributed by atoms with van der Waals surface area (Å²) in [5.74, 6) is 0.547. The second kappa shape index (κ2) is 8.68. The molecule has 1 heterocycles. The normalized spacial score (nSPS) is 16.5. The van der Waals surface area contributed by atoms with E-state index in [1.54, 1.807) is 7.11 Å². The predicted molar refractivity (Wildman–Crippen MR) is 93.0 cm³/mol. The Morgan fingerprint density at radius 2 is 1.96 bits per heavy atom. The molecule has 6 heteroatoms. The van der Waals surface area contributed by atoms with Gasteiger partial charge in [-0.3, -0.25) is 9.59 Å². The van der Waals surface area contributed by atoms with Crippen molar-refractivity contribution in [2.75, 3.05) is 39.8 Å². The molecule has 0 bridgehead atoms. The number of carbonyl (C=O) groups excluding carboxylic acids is 2. The van der Waals surface area contributed by atoms with Gasteiger partial charge in [-0.05, 0) is 24.2 Å². The van der Waals surface area contributed by atoms with Gasteiger partial charge in [-0.15, -0.1) is 0 Å². The zero-order chi connectivity index (χ0) is 17.5. The van der Waals surface area contributed by atoms with Gasteiger partial charge in [0.1, 0.15) is 11.8 Å². The molecule has 0 unspecified atom stereocenters. The first-order chi connectivity index (χ1) is 11.5. The highest BCUT2D eigenvalue weighted by Crippen LogP contribution is 2.15. The summed E-state index contributed by atoms with van der Waals surface area (Å²) in [5, 5.41) is 2.80. The van der Waals surface area contributed by atoms with Crippen LogP contribution in [0.1, 0.15) is 19.4 Å². The third-order valence-electron chi connectivity index (χ3n) is 4.38. The van der Waals surface area contributed by atoms with Crippen molar-refractivity contribution in [3.63, 3.8) is 0 Å². The van der Waals surface area contributed by atoms with E-state index in [-0.39, 0.29) is 11.8 Å². The number of rotatable bonds is 6. The molecule has 1 atom stereocenters. The van der Waals surface area contributed by atoms with Crippen molar-refractivity contribution in [2.45, 2.75) is 26.3 Å². The summed E-state index contributed by atoms with van der Waals surface area (Å²) in [6.45, 7) is 7.76. The van der Waals surface area contributed by atoms with Gasteiger partial charge < -0.3 is 19.9 Å². The van der Waals surface area contributed by atoms with Crippen LogP contribution in [0, 0.1) is 0 Å². The van der Waals surface area contributed by atoms with Gasteiger partial charge in [0.15, 0.2) is 0 Å². The molecular weight excluding hydrogens is 306 g/mol. The number of piperazine rings is 1. The molecule has 1 aliphatic heterocycles. The van der Waals surface area contributed by atoms with Gasteiger partial charge in [0.05, 0.1) is 7.11 Å². The molecule has 1 fully saturated rings. The summed E-state index contributed by atoms with van der Waals surface area (Å²) >= 11 is 0. The molecule has 0 radical (unpaired) electrons. The smallest absolute Gasteiger partial charge is 0.245 e. The molecule has 0 saturated carbocycles. The largest absolute Gasteiger partial charge is 0.497 e. The molecule has 1 aromatic rings. The van der Waals surface area contributed by atoms with Crippen LogP contribution in [0.25, 0.3) is 0 Å². The van der Waals surface area contributed by atoms with Gasteiger partial charge in [0.25, 0.3) is 0 Å². The first kappa shape index (κ1) is 18.3. The molecule has 0 aromatic heterocycles. The number of carbonyl (C=O) groups is 2. The van der Waals surface area contributed by atoms with Gasteiger partial charge in [0, 0.05) is 39.5 Å². The van der Waals surface area contributed by atoms with Crippen LogP contribution >= 0.6 is 0 Å². The molecule has 1 aliphatic rings. The first-order valence-electron chi connectivity index (χ1n) is 8.44. The molecule has 2 amide bonds. The van der Waals surface area contributed by atoms with Crippen molar-refractivity contribution < 1.29 is 14.3 Å². The molecular formula is C18H27N3O3. The summed E-state index contributed by atoms with van der Waals surface area (Å²) in [4.78, 5) is 28.6. The number of ether oxygens (including phenoxy) is 1. The van der Waals surface area contributed by atoms with Crippen molar-refractivity contribution in [3.8, 4) is 5.75 Å². The van der Waals surface area contributed by atoms with Crippen LogP contribution < -0.4 is 10.1 Å². The Kier molecular flexibility index (Phi) is 6.61. The van der Waals surface area contributed by atoms with E-state index in [0.717, 1.165) is 30.9 Å². The average molecular weight is 333 g/mol. The number of hydrogen-bond acceptors (Lipinski definition) is 4. The summed E-state index contributed by atoms with van der Waals surface area (Å²) < 4.78 is 5.23. The summed E-state index contributed by atoms with van der Waals surface area (Å²) in [5.41, 5.74) is 0.966. The quantitative estimate of drug-likeness (QED) is 0.840. The van der Waals surface area contributed by atoms with E-state index in [2.05, 4.69) is 17.1 Å². The van der Waals surface area contributed by atoms with E-state index in [1.165, 1.54) is 6.92 Å². The molecule has 0 spiro atoms. The minimum absolute atomic E-state index is 0.0104. The number of amides is 2. The minimum Gasteiger partial charge on any atom is -0.497 e. The lowest BCUT2D eigenvalue weighted by molar-refractivity contribution is -0.137. The Morgan fingerprint density at radius 3 is 2.54 bits per heavy atom. The summed E-state index contributed by atoms with van der Waals surface area (Å²) in [7, 11) is 1.61. The van der Waals surface area contributed by atoms with Crippen LogP contribution in [0.2, 0.25) is 0 Å².